The maximum absolute atomic E-state index is 13.1. The Morgan fingerprint density at radius 3 is 2.76 bits per heavy atom. The minimum absolute atomic E-state index is 0.0841. The van der Waals surface area contributed by atoms with E-state index in [1.807, 2.05) is 12.1 Å². The van der Waals surface area contributed by atoms with E-state index in [9.17, 15) is 9.18 Å². The first-order valence-corrected chi connectivity index (χ1v) is 7.00. The lowest BCUT2D eigenvalue weighted by Gasteiger charge is -2.25. The normalized spacial score (nSPS) is 17.1. The Morgan fingerprint density at radius 1 is 1.24 bits per heavy atom. The Balaban J connectivity index is 1.72. The number of halogens is 1. The van der Waals surface area contributed by atoms with Gasteiger partial charge in [0.1, 0.15) is 5.82 Å². The van der Waals surface area contributed by atoms with E-state index < -0.39 is 0 Å². The summed E-state index contributed by atoms with van der Waals surface area (Å²) in [5, 5.41) is 6.11. The van der Waals surface area contributed by atoms with E-state index in [1.54, 1.807) is 13.0 Å². The highest BCUT2D eigenvalue weighted by atomic mass is 19.1. The summed E-state index contributed by atoms with van der Waals surface area (Å²) in [6.07, 6.45) is 0.669. The molecular weight excluding hydrogens is 267 g/mol. The van der Waals surface area contributed by atoms with Crippen molar-refractivity contribution >= 4 is 11.6 Å². The molecule has 1 aliphatic rings. The fourth-order valence-corrected chi connectivity index (χ4v) is 2.63. The zero-order chi connectivity index (χ0) is 14.8. The van der Waals surface area contributed by atoms with Crippen molar-refractivity contribution in [2.75, 3.05) is 5.32 Å². The van der Waals surface area contributed by atoms with Crippen LogP contribution in [0.2, 0.25) is 0 Å². The standard InChI is InChI=1S/C17H17FN2O/c1-11-8-14(18)6-7-15(11)20-17(21)16-9-12-4-2-3-5-13(12)10-19-16/h2-8,16,19H,9-10H2,1H3,(H,20,21)/t16-/m1/s1. The summed E-state index contributed by atoms with van der Waals surface area (Å²) in [5.74, 6) is -0.380. The fraction of sp³-hybridized carbons (Fsp3) is 0.235. The van der Waals surface area contributed by atoms with Crippen molar-refractivity contribution in [3.8, 4) is 0 Å². The van der Waals surface area contributed by atoms with Crippen LogP contribution >= 0.6 is 0 Å². The average Bonchev–Trinajstić information content (AvgIpc) is 2.49. The Bertz CT molecular complexity index is 684. The minimum atomic E-state index is -0.296. The predicted octanol–water partition coefficient (Wildman–Crippen LogP) is 2.79. The van der Waals surface area contributed by atoms with Gasteiger partial charge in [-0.15, -0.1) is 0 Å². The maximum Gasteiger partial charge on any atom is 0.241 e. The van der Waals surface area contributed by atoms with Crippen LogP contribution in [0.15, 0.2) is 42.5 Å². The number of aryl methyl sites for hydroxylation is 1. The Labute approximate surface area is 123 Å². The number of carbonyl (C=O) groups is 1. The molecule has 0 saturated carbocycles. The van der Waals surface area contributed by atoms with Crippen molar-refractivity contribution < 1.29 is 9.18 Å². The van der Waals surface area contributed by atoms with E-state index in [2.05, 4.69) is 22.8 Å². The molecule has 3 rings (SSSR count). The van der Waals surface area contributed by atoms with Gasteiger partial charge < -0.3 is 10.6 Å². The van der Waals surface area contributed by atoms with E-state index >= 15 is 0 Å². The third-order valence-electron chi connectivity index (χ3n) is 3.84. The van der Waals surface area contributed by atoms with Crippen LogP contribution in [0, 0.1) is 12.7 Å². The SMILES string of the molecule is Cc1cc(F)ccc1NC(=O)[C@H]1Cc2ccccc2CN1. The van der Waals surface area contributed by atoms with Gasteiger partial charge in [-0.2, -0.15) is 0 Å². The summed E-state index contributed by atoms with van der Waals surface area (Å²) in [4.78, 5) is 12.3. The number of rotatable bonds is 2. The maximum atomic E-state index is 13.1. The lowest BCUT2D eigenvalue weighted by Crippen LogP contribution is -2.44. The molecule has 108 valence electrons. The molecule has 0 aromatic heterocycles. The lowest BCUT2D eigenvalue weighted by atomic mass is 9.95. The molecule has 0 fully saturated rings. The molecular formula is C17H17FN2O. The molecule has 0 spiro atoms. The third-order valence-corrected chi connectivity index (χ3v) is 3.84. The average molecular weight is 284 g/mol. The summed E-state index contributed by atoms with van der Waals surface area (Å²) in [6, 6.07) is 12.2. The molecule has 1 amide bonds. The van der Waals surface area contributed by atoms with E-state index in [0.717, 1.165) is 5.56 Å². The van der Waals surface area contributed by atoms with Crippen LogP contribution in [0.1, 0.15) is 16.7 Å². The van der Waals surface area contributed by atoms with Gasteiger partial charge in [-0.1, -0.05) is 24.3 Å². The number of anilines is 1. The second kappa shape index (κ2) is 5.66. The van der Waals surface area contributed by atoms with Crippen LogP contribution < -0.4 is 10.6 Å². The molecule has 1 aliphatic heterocycles. The quantitative estimate of drug-likeness (QED) is 0.890. The molecule has 0 saturated heterocycles. The number of carbonyl (C=O) groups excluding carboxylic acids is 1. The monoisotopic (exact) mass is 284 g/mol. The van der Waals surface area contributed by atoms with Gasteiger partial charge in [0.25, 0.3) is 0 Å². The third kappa shape index (κ3) is 2.95. The first kappa shape index (κ1) is 13.8. The first-order valence-electron chi connectivity index (χ1n) is 7.00. The highest BCUT2D eigenvalue weighted by Gasteiger charge is 2.24. The number of nitrogens with one attached hydrogen (secondary N) is 2. The molecule has 4 heteroatoms. The largest absolute Gasteiger partial charge is 0.324 e. The molecule has 3 nitrogen and oxygen atoms in total. The van der Waals surface area contributed by atoms with E-state index in [4.69, 9.17) is 0 Å². The summed E-state index contributed by atoms with van der Waals surface area (Å²) in [7, 11) is 0. The van der Waals surface area contributed by atoms with Crippen LogP contribution in [0.4, 0.5) is 10.1 Å². The zero-order valence-electron chi connectivity index (χ0n) is 11.8. The minimum Gasteiger partial charge on any atom is -0.324 e. The fourth-order valence-electron chi connectivity index (χ4n) is 2.63. The number of hydrogen-bond acceptors (Lipinski definition) is 2. The van der Waals surface area contributed by atoms with Crippen LogP contribution in [-0.4, -0.2) is 11.9 Å². The van der Waals surface area contributed by atoms with Crippen molar-refractivity contribution in [2.24, 2.45) is 0 Å². The number of fused-ring (bicyclic) bond motifs is 1. The molecule has 1 heterocycles. The van der Waals surface area contributed by atoms with Gasteiger partial charge in [-0.05, 0) is 48.2 Å². The van der Waals surface area contributed by atoms with Gasteiger partial charge in [-0.25, -0.2) is 4.39 Å². The van der Waals surface area contributed by atoms with Crippen molar-refractivity contribution in [2.45, 2.75) is 25.9 Å². The smallest absolute Gasteiger partial charge is 0.241 e. The number of benzene rings is 2. The Hall–Kier alpha value is -2.20. The van der Waals surface area contributed by atoms with Crippen LogP contribution in [0.5, 0.6) is 0 Å². The number of amides is 1. The van der Waals surface area contributed by atoms with Gasteiger partial charge in [0, 0.05) is 12.2 Å². The molecule has 2 aromatic rings. The Kier molecular flexibility index (Phi) is 3.71. The van der Waals surface area contributed by atoms with Gasteiger partial charge in [0.2, 0.25) is 5.91 Å². The van der Waals surface area contributed by atoms with E-state index in [-0.39, 0.29) is 17.8 Å². The second-order valence-electron chi connectivity index (χ2n) is 5.35. The van der Waals surface area contributed by atoms with Crippen molar-refractivity contribution in [1.82, 2.24) is 5.32 Å². The second-order valence-corrected chi connectivity index (χ2v) is 5.35. The molecule has 0 unspecified atom stereocenters. The van der Waals surface area contributed by atoms with Gasteiger partial charge in [0.15, 0.2) is 0 Å². The van der Waals surface area contributed by atoms with Crippen molar-refractivity contribution in [3.63, 3.8) is 0 Å². The van der Waals surface area contributed by atoms with Gasteiger partial charge in [0.05, 0.1) is 6.04 Å². The summed E-state index contributed by atoms with van der Waals surface area (Å²) in [5.41, 5.74) is 3.81. The molecule has 21 heavy (non-hydrogen) atoms. The molecule has 2 aromatic carbocycles. The Morgan fingerprint density at radius 2 is 2.00 bits per heavy atom. The van der Waals surface area contributed by atoms with Crippen LogP contribution in [0.25, 0.3) is 0 Å². The summed E-state index contributed by atoms with van der Waals surface area (Å²) < 4.78 is 13.1. The van der Waals surface area contributed by atoms with Crippen LogP contribution in [0.3, 0.4) is 0 Å². The lowest BCUT2D eigenvalue weighted by molar-refractivity contribution is -0.118. The van der Waals surface area contributed by atoms with Gasteiger partial charge >= 0.3 is 0 Å². The highest BCUT2D eigenvalue weighted by Crippen LogP contribution is 2.19. The molecule has 0 bridgehead atoms. The molecule has 1 atom stereocenters. The van der Waals surface area contributed by atoms with Crippen molar-refractivity contribution in [1.29, 1.82) is 0 Å². The summed E-state index contributed by atoms with van der Waals surface area (Å²) >= 11 is 0. The zero-order valence-corrected chi connectivity index (χ0v) is 11.8. The van der Waals surface area contributed by atoms with Gasteiger partial charge in [-0.3, -0.25) is 4.79 Å². The molecule has 2 N–H and O–H groups in total. The van der Waals surface area contributed by atoms with E-state index in [0.29, 0.717) is 18.7 Å². The predicted molar refractivity (Wildman–Crippen MR) is 80.5 cm³/mol. The first-order chi connectivity index (χ1) is 10.1. The summed E-state index contributed by atoms with van der Waals surface area (Å²) in [6.45, 7) is 2.47. The van der Waals surface area contributed by atoms with E-state index in [1.165, 1.54) is 23.3 Å². The number of hydrogen-bond donors (Lipinski definition) is 2. The molecule has 0 aliphatic carbocycles. The topological polar surface area (TPSA) is 41.1 Å². The highest BCUT2D eigenvalue weighted by molar-refractivity contribution is 5.95. The molecule has 0 radical (unpaired) electrons. The van der Waals surface area contributed by atoms with Crippen LogP contribution in [-0.2, 0) is 17.8 Å². The van der Waals surface area contributed by atoms with Crippen molar-refractivity contribution in [3.05, 3.63) is 65.0 Å².